The molecule has 4 aromatic heterocycles. The quantitative estimate of drug-likeness (QED) is 0.157. The van der Waals surface area contributed by atoms with E-state index in [1.807, 2.05) is 18.2 Å². The molecule has 4 heteroatoms. The van der Waals surface area contributed by atoms with E-state index in [2.05, 4.69) is 193 Å². The third-order valence-electron chi connectivity index (χ3n) is 12.8. The molecule has 1 atom stereocenters. The van der Waals surface area contributed by atoms with Crippen molar-refractivity contribution in [2.75, 3.05) is 0 Å². The van der Waals surface area contributed by atoms with Crippen LogP contribution in [0.25, 0.3) is 99.5 Å². The van der Waals surface area contributed by atoms with Crippen LogP contribution in [0.3, 0.4) is 0 Å². The summed E-state index contributed by atoms with van der Waals surface area (Å²) in [7, 11) is 0. The van der Waals surface area contributed by atoms with E-state index in [0.29, 0.717) is 0 Å². The van der Waals surface area contributed by atoms with Crippen molar-refractivity contribution in [1.82, 2.24) is 9.13 Å². The average Bonchev–Trinajstić information content (AvgIpc) is 3.96. The van der Waals surface area contributed by atoms with E-state index in [-0.39, 0.29) is 6.04 Å². The van der Waals surface area contributed by atoms with Gasteiger partial charge in [-0.1, -0.05) is 121 Å². The lowest BCUT2D eigenvalue weighted by Crippen LogP contribution is -2.10. The first-order valence-corrected chi connectivity index (χ1v) is 21.3. The number of hydrogen-bond acceptors (Lipinski definition) is 2. The minimum absolute atomic E-state index is 0.166. The van der Waals surface area contributed by atoms with Crippen molar-refractivity contribution < 1.29 is 8.83 Å². The van der Waals surface area contributed by atoms with Gasteiger partial charge in [-0.05, 0) is 121 Å². The molecule has 0 fully saturated rings. The Labute approximate surface area is 353 Å². The molecule has 2 aliphatic carbocycles. The summed E-state index contributed by atoms with van der Waals surface area (Å²) in [6, 6.07) is 41.7. The van der Waals surface area contributed by atoms with Gasteiger partial charge in [-0.25, -0.2) is 0 Å². The highest BCUT2D eigenvalue weighted by molar-refractivity contribution is 6.23. The summed E-state index contributed by atoms with van der Waals surface area (Å²) >= 11 is 0. The van der Waals surface area contributed by atoms with Crippen molar-refractivity contribution in [3.63, 3.8) is 0 Å². The van der Waals surface area contributed by atoms with Gasteiger partial charge in [0.1, 0.15) is 22.3 Å². The molecule has 61 heavy (non-hydrogen) atoms. The Hall–Kier alpha value is -7.56. The number of fused-ring (bicyclic) bond motifs is 11. The third-order valence-corrected chi connectivity index (χ3v) is 12.8. The van der Waals surface area contributed by atoms with Gasteiger partial charge in [0, 0.05) is 49.1 Å². The van der Waals surface area contributed by atoms with Gasteiger partial charge >= 0.3 is 0 Å². The average molecular weight is 787 g/mol. The van der Waals surface area contributed by atoms with Gasteiger partial charge in [0.05, 0.1) is 22.6 Å². The van der Waals surface area contributed by atoms with Crippen LogP contribution in [0.15, 0.2) is 202 Å². The maximum absolute atomic E-state index is 6.32. The molecule has 292 valence electrons. The van der Waals surface area contributed by atoms with Crippen molar-refractivity contribution in [3.05, 3.63) is 205 Å². The van der Waals surface area contributed by atoms with Gasteiger partial charge in [0.25, 0.3) is 0 Å². The highest BCUT2D eigenvalue weighted by Crippen LogP contribution is 2.45. The van der Waals surface area contributed by atoms with E-state index >= 15 is 0 Å². The monoisotopic (exact) mass is 786 g/mol. The van der Waals surface area contributed by atoms with E-state index in [0.717, 1.165) is 79.0 Å². The van der Waals surface area contributed by atoms with Gasteiger partial charge in [0.15, 0.2) is 0 Å². The van der Waals surface area contributed by atoms with Crippen LogP contribution in [0, 0.1) is 6.92 Å². The zero-order valence-corrected chi connectivity index (χ0v) is 34.1. The van der Waals surface area contributed by atoms with Crippen LogP contribution in [0.5, 0.6) is 0 Å². The summed E-state index contributed by atoms with van der Waals surface area (Å²) in [6.07, 6.45) is 28.8. The predicted octanol–water partition coefficient (Wildman–Crippen LogP) is 16.0. The fraction of sp³-hybridized carbons (Fsp3) is 0.0877. The number of hydrogen-bond donors (Lipinski definition) is 0. The first kappa shape index (κ1) is 35.4. The second-order valence-corrected chi connectivity index (χ2v) is 16.3. The number of furan rings is 2. The summed E-state index contributed by atoms with van der Waals surface area (Å²) in [5, 5.41) is 8.27. The first-order chi connectivity index (χ1) is 30.1. The lowest BCUT2D eigenvalue weighted by Gasteiger charge is -2.22. The Morgan fingerprint density at radius 2 is 1.33 bits per heavy atom. The minimum atomic E-state index is 0.166. The molecule has 0 amide bonds. The van der Waals surface area contributed by atoms with Gasteiger partial charge in [-0.3, -0.25) is 0 Å². The molecule has 0 radical (unpaired) electrons. The maximum atomic E-state index is 6.32. The number of para-hydroxylation sites is 2. The second kappa shape index (κ2) is 14.0. The van der Waals surface area contributed by atoms with Crippen LogP contribution in [0.2, 0.25) is 0 Å². The van der Waals surface area contributed by atoms with E-state index in [1.165, 1.54) is 49.6 Å². The van der Waals surface area contributed by atoms with E-state index in [4.69, 9.17) is 8.83 Å². The summed E-state index contributed by atoms with van der Waals surface area (Å²) in [6.45, 7) is 4.38. The maximum Gasteiger partial charge on any atom is 0.135 e. The molecule has 0 spiro atoms. The van der Waals surface area contributed by atoms with Gasteiger partial charge in [-0.2, -0.15) is 0 Å². The fourth-order valence-electron chi connectivity index (χ4n) is 9.94. The number of aromatic nitrogens is 2. The number of allylic oxidation sites excluding steroid dienone is 13. The summed E-state index contributed by atoms with van der Waals surface area (Å²) < 4.78 is 17.6. The van der Waals surface area contributed by atoms with Crippen LogP contribution >= 0.6 is 0 Å². The SMILES string of the molecule is C/C=C\C=C/c1c(C)c2c3c4ccc(-c5ccc6oc7ccccc7c6c5)cc4n(-c4ccc5oc6ccccc6c5c4)c3ccc2n1C1C=CC(C2=CC=CCC=C2)=CC1. The van der Waals surface area contributed by atoms with Crippen molar-refractivity contribution in [2.24, 2.45) is 0 Å². The molecule has 0 bridgehead atoms. The van der Waals surface area contributed by atoms with Crippen molar-refractivity contribution in [3.8, 4) is 16.8 Å². The molecule has 2 aliphatic rings. The number of benzene rings is 6. The van der Waals surface area contributed by atoms with Crippen LogP contribution in [0.1, 0.15) is 37.1 Å². The zero-order valence-electron chi connectivity index (χ0n) is 34.1. The van der Waals surface area contributed by atoms with Crippen LogP contribution in [-0.4, -0.2) is 9.13 Å². The van der Waals surface area contributed by atoms with Gasteiger partial charge < -0.3 is 18.0 Å². The minimum Gasteiger partial charge on any atom is -0.456 e. The molecular formula is C57H42N2O2. The van der Waals surface area contributed by atoms with Crippen LogP contribution < -0.4 is 0 Å². The highest BCUT2D eigenvalue weighted by atomic mass is 16.3. The summed E-state index contributed by atoms with van der Waals surface area (Å²) in [5.41, 5.74) is 15.6. The highest BCUT2D eigenvalue weighted by Gasteiger charge is 2.25. The number of nitrogens with zero attached hydrogens (tertiary/aromatic N) is 2. The fourth-order valence-corrected chi connectivity index (χ4v) is 9.94. The smallest absolute Gasteiger partial charge is 0.135 e. The zero-order chi connectivity index (χ0) is 40.6. The lowest BCUT2D eigenvalue weighted by molar-refractivity contribution is 0.621. The van der Waals surface area contributed by atoms with Crippen molar-refractivity contribution >= 4 is 82.7 Å². The second-order valence-electron chi connectivity index (χ2n) is 16.3. The molecule has 0 saturated carbocycles. The largest absolute Gasteiger partial charge is 0.456 e. The molecule has 6 aromatic carbocycles. The van der Waals surface area contributed by atoms with Gasteiger partial charge in [0.2, 0.25) is 0 Å². The van der Waals surface area contributed by atoms with Crippen molar-refractivity contribution in [1.29, 1.82) is 0 Å². The summed E-state index contributed by atoms with van der Waals surface area (Å²) in [4.78, 5) is 0. The number of rotatable bonds is 6. The first-order valence-electron chi connectivity index (χ1n) is 21.3. The standard InChI is InChI=1S/C57H42N2O2/c1-3-4-7-18-48-36(2)56-49(58(48)41-25-21-38(22-26-41)37-14-8-5-6-9-15-37)29-30-50-57(56)45-28-23-40(39-24-31-54-46(33-39)43-16-10-12-19-52(43)60-54)34-51(45)59(50)42-27-32-55-47(35-42)44-17-11-13-20-53(44)61-55/h3-5,7-25,27-35,41H,6,26H2,1-2H3/b4-3-,18-7-. The predicted molar refractivity (Wildman–Crippen MR) is 257 cm³/mol. The Bertz CT molecular complexity index is 3670. The Morgan fingerprint density at radius 3 is 2.11 bits per heavy atom. The molecule has 4 heterocycles. The molecular weight excluding hydrogens is 745 g/mol. The third kappa shape index (κ3) is 5.59. The van der Waals surface area contributed by atoms with E-state index in [1.54, 1.807) is 0 Å². The van der Waals surface area contributed by atoms with E-state index in [9.17, 15) is 0 Å². The topological polar surface area (TPSA) is 36.1 Å². The van der Waals surface area contributed by atoms with Crippen LogP contribution in [0.4, 0.5) is 0 Å². The number of aryl methyl sites for hydroxylation is 1. The normalized spacial score (nSPS) is 15.9. The molecule has 1 unspecified atom stereocenters. The molecule has 4 nitrogen and oxygen atoms in total. The Balaban J connectivity index is 1.10. The molecule has 12 rings (SSSR count). The van der Waals surface area contributed by atoms with Crippen molar-refractivity contribution in [2.45, 2.75) is 32.7 Å². The molecule has 0 saturated heterocycles. The van der Waals surface area contributed by atoms with Gasteiger partial charge in [-0.15, -0.1) is 0 Å². The van der Waals surface area contributed by atoms with Crippen LogP contribution in [-0.2, 0) is 0 Å². The summed E-state index contributed by atoms with van der Waals surface area (Å²) in [5.74, 6) is 0. The Morgan fingerprint density at radius 1 is 0.607 bits per heavy atom. The molecule has 10 aromatic rings. The molecule has 0 N–H and O–H groups in total. The van der Waals surface area contributed by atoms with E-state index < -0.39 is 0 Å². The Kier molecular flexibility index (Phi) is 8.14. The lowest BCUT2D eigenvalue weighted by atomic mass is 9.96. The molecule has 0 aliphatic heterocycles.